The smallest absolute Gasteiger partial charge is 0.164 e. The van der Waals surface area contributed by atoms with Crippen LogP contribution in [0.5, 0.6) is 0 Å². The van der Waals surface area contributed by atoms with E-state index in [1.54, 1.807) is 0 Å². The monoisotopic (exact) mass is 655 g/mol. The summed E-state index contributed by atoms with van der Waals surface area (Å²) in [5.41, 5.74) is 9.43. The largest absolute Gasteiger partial charge is 0.456 e. The molecular formula is C45H25N3O3. The molecule has 0 aliphatic heterocycles. The summed E-state index contributed by atoms with van der Waals surface area (Å²) in [5, 5.41) is 6.19. The van der Waals surface area contributed by atoms with Gasteiger partial charge in [-0.15, -0.1) is 0 Å². The van der Waals surface area contributed by atoms with Crippen molar-refractivity contribution in [2.75, 3.05) is 0 Å². The minimum atomic E-state index is 0.550. The fourth-order valence-electron chi connectivity index (χ4n) is 7.44. The lowest BCUT2D eigenvalue weighted by molar-refractivity contribution is 0.668. The summed E-state index contributed by atoms with van der Waals surface area (Å²) in [5.74, 6) is 1.68. The molecule has 0 atom stereocenters. The lowest BCUT2D eigenvalue weighted by Crippen LogP contribution is -2.00. The second-order valence-electron chi connectivity index (χ2n) is 12.7. The first-order valence-corrected chi connectivity index (χ1v) is 16.9. The molecule has 0 aliphatic rings. The van der Waals surface area contributed by atoms with Crippen LogP contribution in [-0.4, -0.2) is 15.0 Å². The first kappa shape index (κ1) is 27.9. The van der Waals surface area contributed by atoms with Gasteiger partial charge in [-0.3, -0.25) is 0 Å². The Morgan fingerprint density at radius 3 is 1.65 bits per heavy atom. The van der Waals surface area contributed by atoms with Gasteiger partial charge in [-0.1, -0.05) is 115 Å². The van der Waals surface area contributed by atoms with E-state index in [1.807, 2.05) is 97.1 Å². The average molecular weight is 656 g/mol. The molecule has 11 rings (SSSR count). The van der Waals surface area contributed by atoms with Crippen LogP contribution in [0.25, 0.3) is 111 Å². The van der Waals surface area contributed by atoms with Crippen LogP contribution in [0.2, 0.25) is 0 Å². The Kier molecular flexibility index (Phi) is 5.86. The second kappa shape index (κ2) is 10.7. The lowest BCUT2D eigenvalue weighted by atomic mass is 9.95. The van der Waals surface area contributed by atoms with Gasteiger partial charge in [0.2, 0.25) is 0 Å². The van der Waals surface area contributed by atoms with Gasteiger partial charge in [-0.25, -0.2) is 15.0 Å². The van der Waals surface area contributed by atoms with Gasteiger partial charge in [0.15, 0.2) is 17.5 Å². The van der Waals surface area contributed by atoms with Crippen molar-refractivity contribution in [3.05, 3.63) is 152 Å². The van der Waals surface area contributed by atoms with Crippen molar-refractivity contribution in [1.29, 1.82) is 0 Å². The van der Waals surface area contributed by atoms with E-state index in [0.717, 1.165) is 93.6 Å². The van der Waals surface area contributed by atoms with Crippen LogP contribution < -0.4 is 0 Å². The zero-order chi connectivity index (χ0) is 33.5. The Morgan fingerprint density at radius 2 is 0.843 bits per heavy atom. The molecule has 0 radical (unpaired) electrons. The van der Waals surface area contributed by atoms with Crippen molar-refractivity contribution in [1.82, 2.24) is 15.0 Å². The number of para-hydroxylation sites is 3. The van der Waals surface area contributed by atoms with E-state index in [2.05, 4.69) is 54.6 Å². The van der Waals surface area contributed by atoms with Crippen LogP contribution in [0.15, 0.2) is 165 Å². The fraction of sp³-hybridized carbons (Fsp3) is 0. The number of fused-ring (bicyclic) bond motifs is 9. The highest BCUT2D eigenvalue weighted by atomic mass is 16.3. The van der Waals surface area contributed by atoms with Crippen LogP contribution in [0.4, 0.5) is 0 Å². The zero-order valence-electron chi connectivity index (χ0n) is 27.0. The molecular weight excluding hydrogens is 631 g/mol. The standard InChI is InChI=1S/C45H25N3O3/c1-2-11-26(12-3-1)43-46-44(27-23-24-30-28-13-4-6-19-35(28)49-39(30)25-27)48-45(47-43)34-18-10-22-38-41(34)40-31(15-9-21-37(40)50-38)33-17-8-16-32-29-14-5-7-20-36(29)51-42(32)33/h1-25H. The van der Waals surface area contributed by atoms with Crippen LogP contribution >= 0.6 is 0 Å². The summed E-state index contributed by atoms with van der Waals surface area (Å²) in [6, 6.07) is 51.0. The third-order valence-corrected chi connectivity index (χ3v) is 9.76. The van der Waals surface area contributed by atoms with Crippen molar-refractivity contribution < 1.29 is 13.3 Å². The molecule has 7 aromatic carbocycles. The number of rotatable bonds is 4. The number of aromatic nitrogens is 3. The molecule has 0 fully saturated rings. The molecule has 0 saturated heterocycles. The van der Waals surface area contributed by atoms with Crippen molar-refractivity contribution in [2.45, 2.75) is 0 Å². The molecule has 51 heavy (non-hydrogen) atoms. The van der Waals surface area contributed by atoms with Crippen LogP contribution in [0, 0.1) is 0 Å². The van der Waals surface area contributed by atoms with Crippen molar-refractivity contribution in [3.8, 4) is 45.3 Å². The summed E-state index contributed by atoms with van der Waals surface area (Å²) in [6.45, 7) is 0. The van der Waals surface area contributed by atoms with Crippen molar-refractivity contribution in [2.24, 2.45) is 0 Å². The molecule has 0 saturated carbocycles. The predicted octanol–water partition coefficient (Wildman–Crippen LogP) is 12.2. The van der Waals surface area contributed by atoms with Gasteiger partial charge in [0.1, 0.15) is 33.5 Å². The Balaban J connectivity index is 1.17. The minimum Gasteiger partial charge on any atom is -0.456 e. The highest BCUT2D eigenvalue weighted by molar-refractivity contribution is 6.20. The number of nitrogens with zero attached hydrogens (tertiary/aromatic N) is 3. The molecule has 0 N–H and O–H groups in total. The summed E-state index contributed by atoms with van der Waals surface area (Å²) in [4.78, 5) is 15.3. The minimum absolute atomic E-state index is 0.550. The van der Waals surface area contributed by atoms with Crippen LogP contribution in [0.3, 0.4) is 0 Å². The van der Waals surface area contributed by atoms with Gasteiger partial charge in [-0.05, 0) is 42.0 Å². The zero-order valence-corrected chi connectivity index (χ0v) is 27.0. The van der Waals surface area contributed by atoms with E-state index >= 15 is 0 Å². The number of benzene rings is 7. The van der Waals surface area contributed by atoms with Gasteiger partial charge in [-0.2, -0.15) is 0 Å². The molecule has 0 amide bonds. The average Bonchev–Trinajstić information content (AvgIpc) is 3.89. The van der Waals surface area contributed by atoms with E-state index in [0.29, 0.717) is 17.5 Å². The molecule has 238 valence electrons. The highest BCUT2D eigenvalue weighted by Gasteiger charge is 2.22. The molecule has 4 heterocycles. The summed E-state index contributed by atoms with van der Waals surface area (Å²) in [7, 11) is 0. The maximum Gasteiger partial charge on any atom is 0.164 e. The summed E-state index contributed by atoms with van der Waals surface area (Å²) in [6.07, 6.45) is 0. The Morgan fingerprint density at radius 1 is 0.314 bits per heavy atom. The highest BCUT2D eigenvalue weighted by Crippen LogP contribution is 2.44. The number of hydrogen-bond acceptors (Lipinski definition) is 6. The molecule has 0 bridgehead atoms. The van der Waals surface area contributed by atoms with Gasteiger partial charge < -0.3 is 13.3 Å². The molecule has 0 spiro atoms. The number of furan rings is 3. The maximum atomic E-state index is 6.54. The van der Waals surface area contributed by atoms with Crippen molar-refractivity contribution >= 4 is 65.8 Å². The van der Waals surface area contributed by atoms with Crippen molar-refractivity contribution in [3.63, 3.8) is 0 Å². The third kappa shape index (κ3) is 4.26. The molecule has 6 nitrogen and oxygen atoms in total. The Labute approximate surface area is 290 Å². The van der Waals surface area contributed by atoms with Crippen LogP contribution in [-0.2, 0) is 0 Å². The van der Waals surface area contributed by atoms with Gasteiger partial charge in [0, 0.05) is 54.6 Å². The normalized spacial score (nSPS) is 11.9. The lowest BCUT2D eigenvalue weighted by Gasteiger charge is -2.10. The molecule has 4 aromatic heterocycles. The summed E-state index contributed by atoms with van der Waals surface area (Å²) >= 11 is 0. The fourth-order valence-corrected chi connectivity index (χ4v) is 7.44. The van der Waals surface area contributed by atoms with E-state index < -0.39 is 0 Å². The Hall–Kier alpha value is -7.05. The predicted molar refractivity (Wildman–Crippen MR) is 203 cm³/mol. The van der Waals surface area contributed by atoms with Gasteiger partial charge in [0.05, 0.1) is 0 Å². The van der Waals surface area contributed by atoms with Gasteiger partial charge >= 0.3 is 0 Å². The van der Waals surface area contributed by atoms with Gasteiger partial charge in [0.25, 0.3) is 0 Å². The Bertz CT molecular complexity index is 3150. The maximum absolute atomic E-state index is 6.54. The molecule has 11 aromatic rings. The van der Waals surface area contributed by atoms with Crippen LogP contribution in [0.1, 0.15) is 0 Å². The SMILES string of the molecule is c1ccc(-c2nc(-c3ccc4c(c3)oc3ccccc34)nc(-c3cccc4oc5cccc(-c6cccc7c6oc6ccccc67)c5c34)n2)cc1. The first-order valence-electron chi connectivity index (χ1n) is 16.9. The number of hydrogen-bond donors (Lipinski definition) is 0. The van der Waals surface area contributed by atoms with E-state index in [9.17, 15) is 0 Å². The molecule has 0 aliphatic carbocycles. The second-order valence-corrected chi connectivity index (χ2v) is 12.7. The van der Waals surface area contributed by atoms with E-state index in [4.69, 9.17) is 28.2 Å². The van der Waals surface area contributed by atoms with E-state index in [-0.39, 0.29) is 0 Å². The molecule has 0 unspecified atom stereocenters. The first-order chi connectivity index (χ1) is 25.3. The topological polar surface area (TPSA) is 78.1 Å². The van der Waals surface area contributed by atoms with E-state index in [1.165, 1.54) is 0 Å². The third-order valence-electron chi connectivity index (χ3n) is 9.76. The quantitative estimate of drug-likeness (QED) is 0.188. The molecule has 6 heteroatoms. The summed E-state index contributed by atoms with van der Waals surface area (Å²) < 4.78 is 19.3.